The second-order valence-electron chi connectivity index (χ2n) is 6.51. The summed E-state index contributed by atoms with van der Waals surface area (Å²) in [5.41, 5.74) is -0.511. The van der Waals surface area contributed by atoms with E-state index in [4.69, 9.17) is 23.2 Å². The third kappa shape index (κ3) is 3.20. The highest BCUT2D eigenvalue weighted by molar-refractivity contribution is 6.44. The first-order valence-electron chi connectivity index (χ1n) is 8.26. The molecule has 25 heavy (non-hydrogen) atoms. The molecule has 8 heteroatoms. The molecular weight excluding hydrogens is 365 g/mol. The number of hydrogen-bond donors (Lipinski definition) is 2. The van der Waals surface area contributed by atoms with Gasteiger partial charge in [0.25, 0.3) is 5.91 Å². The summed E-state index contributed by atoms with van der Waals surface area (Å²) in [6.45, 7) is 1.52. The second kappa shape index (κ2) is 6.84. The Morgan fingerprint density at radius 3 is 2.60 bits per heavy atom. The van der Waals surface area contributed by atoms with Crippen LogP contribution in [-0.2, 0) is 9.59 Å². The zero-order valence-electron chi connectivity index (χ0n) is 13.8. The van der Waals surface area contributed by atoms with E-state index in [2.05, 4.69) is 10.6 Å². The number of nitrogens with zero attached hydrogens (tertiary/aromatic N) is 1. The summed E-state index contributed by atoms with van der Waals surface area (Å²) in [5.74, 6) is -0.822. The van der Waals surface area contributed by atoms with Crippen molar-refractivity contribution in [2.75, 3.05) is 5.32 Å². The molecule has 1 aromatic carbocycles. The van der Waals surface area contributed by atoms with Crippen molar-refractivity contribution in [2.45, 2.75) is 50.6 Å². The van der Waals surface area contributed by atoms with E-state index in [0.717, 1.165) is 24.2 Å². The van der Waals surface area contributed by atoms with Crippen LogP contribution in [0.25, 0.3) is 0 Å². The summed E-state index contributed by atoms with van der Waals surface area (Å²) in [5, 5.41) is 5.95. The molecule has 0 bridgehead atoms. The molecule has 1 aliphatic heterocycles. The summed E-state index contributed by atoms with van der Waals surface area (Å²) in [4.78, 5) is 38.7. The maximum absolute atomic E-state index is 12.8. The smallest absolute Gasteiger partial charge is 0.323 e. The molecule has 0 unspecified atom stereocenters. The molecule has 1 heterocycles. The minimum Gasteiger partial charge on any atom is -0.323 e. The van der Waals surface area contributed by atoms with Crippen molar-refractivity contribution in [1.29, 1.82) is 0 Å². The summed E-state index contributed by atoms with van der Waals surface area (Å²) in [6, 6.07) is 3.38. The van der Waals surface area contributed by atoms with Crippen molar-refractivity contribution in [1.82, 2.24) is 10.2 Å². The average molecular weight is 384 g/mol. The van der Waals surface area contributed by atoms with Crippen LogP contribution in [-0.4, -0.2) is 34.3 Å². The standard InChI is InChI=1S/C17H19Cl2N3O3/c1-10(14(23)20-12-7-5-6-11(18)13(12)19)22-15(24)17(21-16(22)25)8-3-2-4-9-17/h5-7,10H,2-4,8-9H2,1H3,(H,20,23)(H,21,25)/t10-/m1/s1. The number of carbonyl (C=O) groups is 3. The molecule has 1 spiro atoms. The van der Waals surface area contributed by atoms with Crippen LogP contribution in [0.3, 0.4) is 0 Å². The second-order valence-corrected chi connectivity index (χ2v) is 7.30. The van der Waals surface area contributed by atoms with Gasteiger partial charge in [0.05, 0.1) is 15.7 Å². The number of benzene rings is 1. The van der Waals surface area contributed by atoms with Gasteiger partial charge >= 0.3 is 6.03 Å². The van der Waals surface area contributed by atoms with Crippen molar-refractivity contribution >= 4 is 46.7 Å². The van der Waals surface area contributed by atoms with Gasteiger partial charge in [0.1, 0.15) is 11.6 Å². The molecule has 0 radical (unpaired) electrons. The Hall–Kier alpha value is -1.79. The van der Waals surface area contributed by atoms with Crippen LogP contribution in [0.2, 0.25) is 10.0 Å². The monoisotopic (exact) mass is 383 g/mol. The highest BCUT2D eigenvalue weighted by atomic mass is 35.5. The van der Waals surface area contributed by atoms with Crippen molar-refractivity contribution < 1.29 is 14.4 Å². The molecule has 2 fully saturated rings. The minimum atomic E-state index is -0.955. The van der Waals surface area contributed by atoms with Gasteiger partial charge in [0.15, 0.2) is 0 Å². The van der Waals surface area contributed by atoms with Crippen molar-refractivity contribution in [2.24, 2.45) is 0 Å². The molecule has 2 N–H and O–H groups in total. The summed E-state index contributed by atoms with van der Waals surface area (Å²) < 4.78 is 0. The highest BCUT2D eigenvalue weighted by Gasteiger charge is 2.53. The van der Waals surface area contributed by atoms with Gasteiger partial charge in [0.2, 0.25) is 5.91 Å². The maximum Gasteiger partial charge on any atom is 0.325 e. The van der Waals surface area contributed by atoms with Crippen LogP contribution < -0.4 is 10.6 Å². The quantitative estimate of drug-likeness (QED) is 0.782. The van der Waals surface area contributed by atoms with Crippen LogP contribution in [0.4, 0.5) is 10.5 Å². The van der Waals surface area contributed by atoms with E-state index in [1.807, 2.05) is 0 Å². The molecule has 2 aliphatic rings. The third-order valence-corrected chi connectivity index (χ3v) is 5.70. The van der Waals surface area contributed by atoms with Crippen LogP contribution in [0, 0.1) is 0 Å². The predicted molar refractivity (Wildman–Crippen MR) is 95.7 cm³/mol. The Morgan fingerprint density at radius 2 is 1.92 bits per heavy atom. The molecule has 4 amide bonds. The SMILES string of the molecule is C[C@H](C(=O)Nc1cccc(Cl)c1Cl)N1C(=O)NC2(CCCCC2)C1=O. The molecule has 1 atom stereocenters. The van der Waals surface area contributed by atoms with Crippen LogP contribution in [0.15, 0.2) is 18.2 Å². The number of urea groups is 1. The normalized spacial score (nSPS) is 20.5. The zero-order valence-corrected chi connectivity index (χ0v) is 15.3. The lowest BCUT2D eigenvalue weighted by Crippen LogP contribution is -2.50. The van der Waals surface area contributed by atoms with Crippen LogP contribution in [0.5, 0.6) is 0 Å². The van der Waals surface area contributed by atoms with Crippen molar-refractivity contribution in [3.05, 3.63) is 28.2 Å². The van der Waals surface area contributed by atoms with Gasteiger partial charge in [-0.3, -0.25) is 9.59 Å². The Labute approximate surface area is 155 Å². The number of hydrogen-bond acceptors (Lipinski definition) is 3. The van der Waals surface area contributed by atoms with Gasteiger partial charge in [-0.05, 0) is 31.9 Å². The predicted octanol–water partition coefficient (Wildman–Crippen LogP) is 3.58. The third-order valence-electron chi connectivity index (χ3n) is 4.88. The summed E-state index contributed by atoms with van der Waals surface area (Å²) >= 11 is 12.0. The van der Waals surface area contributed by atoms with E-state index in [1.165, 1.54) is 6.92 Å². The van der Waals surface area contributed by atoms with E-state index in [1.54, 1.807) is 18.2 Å². The highest BCUT2D eigenvalue weighted by Crippen LogP contribution is 2.35. The molecule has 134 valence electrons. The van der Waals surface area contributed by atoms with Gasteiger partial charge < -0.3 is 10.6 Å². The first kappa shape index (κ1) is 18.0. The minimum absolute atomic E-state index is 0.214. The van der Waals surface area contributed by atoms with Gasteiger partial charge in [-0.25, -0.2) is 9.69 Å². The number of imide groups is 1. The molecule has 1 aliphatic carbocycles. The van der Waals surface area contributed by atoms with Gasteiger partial charge in [-0.2, -0.15) is 0 Å². The Balaban J connectivity index is 1.77. The Kier molecular flexibility index (Phi) is 4.93. The Morgan fingerprint density at radius 1 is 1.24 bits per heavy atom. The zero-order chi connectivity index (χ0) is 18.2. The van der Waals surface area contributed by atoms with E-state index < -0.39 is 23.5 Å². The first-order chi connectivity index (χ1) is 11.9. The van der Waals surface area contributed by atoms with E-state index in [-0.39, 0.29) is 10.9 Å². The fraction of sp³-hybridized carbons (Fsp3) is 0.471. The molecular formula is C17H19Cl2N3O3. The first-order valence-corrected chi connectivity index (χ1v) is 9.02. The summed E-state index contributed by atoms with van der Waals surface area (Å²) in [7, 11) is 0. The number of halogens is 2. The lowest BCUT2D eigenvalue weighted by Gasteiger charge is -2.31. The fourth-order valence-corrected chi connectivity index (χ4v) is 3.79. The fourth-order valence-electron chi connectivity index (χ4n) is 3.44. The van der Waals surface area contributed by atoms with Crippen LogP contribution >= 0.6 is 23.2 Å². The number of carbonyl (C=O) groups excluding carboxylic acids is 3. The number of amides is 4. The Bertz CT molecular complexity index is 732. The van der Waals surface area contributed by atoms with Crippen LogP contribution in [0.1, 0.15) is 39.0 Å². The summed E-state index contributed by atoms with van der Waals surface area (Å²) in [6.07, 6.45) is 4.05. The molecule has 1 saturated heterocycles. The van der Waals surface area contributed by atoms with E-state index in [0.29, 0.717) is 23.6 Å². The van der Waals surface area contributed by atoms with Gasteiger partial charge in [-0.15, -0.1) is 0 Å². The lowest BCUT2D eigenvalue weighted by atomic mass is 9.81. The van der Waals surface area contributed by atoms with E-state index in [9.17, 15) is 14.4 Å². The van der Waals surface area contributed by atoms with Gasteiger partial charge in [0, 0.05) is 0 Å². The van der Waals surface area contributed by atoms with Gasteiger partial charge in [-0.1, -0.05) is 48.5 Å². The number of nitrogens with one attached hydrogen (secondary N) is 2. The van der Waals surface area contributed by atoms with Crippen molar-refractivity contribution in [3.63, 3.8) is 0 Å². The van der Waals surface area contributed by atoms with E-state index >= 15 is 0 Å². The number of anilines is 1. The largest absolute Gasteiger partial charge is 0.325 e. The average Bonchev–Trinajstić information content (AvgIpc) is 2.82. The lowest BCUT2D eigenvalue weighted by molar-refractivity contribution is -0.137. The molecule has 1 aromatic rings. The maximum atomic E-state index is 12.8. The van der Waals surface area contributed by atoms with Crippen molar-refractivity contribution in [3.8, 4) is 0 Å². The topological polar surface area (TPSA) is 78.5 Å². The molecule has 0 aromatic heterocycles. The molecule has 1 saturated carbocycles. The molecule has 6 nitrogen and oxygen atoms in total. The molecule has 3 rings (SSSR count). The number of rotatable bonds is 3.